The average molecular weight is 414 g/mol. The largest absolute Gasteiger partial charge is 0.466 e. The number of fused-ring (bicyclic) bond motifs is 3. The lowest BCUT2D eigenvalue weighted by molar-refractivity contribution is -0.143. The van der Waals surface area contributed by atoms with Gasteiger partial charge < -0.3 is 10.1 Å². The van der Waals surface area contributed by atoms with E-state index in [0.29, 0.717) is 19.4 Å². The molecule has 0 bridgehead atoms. The topological polar surface area (TPSA) is 55.4 Å². The zero-order valence-corrected chi connectivity index (χ0v) is 18.0. The molecule has 0 radical (unpaired) electrons. The van der Waals surface area contributed by atoms with Gasteiger partial charge in [0.2, 0.25) is 5.91 Å². The number of rotatable bonds is 7. The standard InChI is InChI=1S/C27H27NO3/c1-3-31-26(30)16-13-19-11-14-20(15-12-19)27(28-18(2)29)24-10-6-9-23-22-8-5-4-7-21(22)17-25(23)24/h4-12,14-15,27H,3,13,16-17H2,1-2H3,(H,28,29). The van der Waals surface area contributed by atoms with Crippen LogP contribution in [0.3, 0.4) is 0 Å². The van der Waals surface area contributed by atoms with E-state index in [1.165, 1.54) is 22.3 Å². The second-order valence-corrected chi connectivity index (χ2v) is 7.89. The Bertz CT molecular complexity index is 1100. The van der Waals surface area contributed by atoms with Crippen LogP contribution in [0.15, 0.2) is 66.7 Å². The predicted molar refractivity (Wildman–Crippen MR) is 122 cm³/mol. The number of aryl methyl sites for hydroxylation is 1. The van der Waals surface area contributed by atoms with Gasteiger partial charge in [0, 0.05) is 13.3 Å². The predicted octanol–water partition coefficient (Wildman–Crippen LogP) is 4.98. The van der Waals surface area contributed by atoms with Crippen molar-refractivity contribution in [3.63, 3.8) is 0 Å². The first-order chi connectivity index (χ1) is 15.1. The highest BCUT2D eigenvalue weighted by molar-refractivity contribution is 5.79. The number of esters is 1. The molecule has 1 amide bonds. The molecule has 3 aromatic rings. The fraction of sp³-hybridized carbons (Fsp3) is 0.259. The molecule has 3 aromatic carbocycles. The molecule has 4 rings (SSSR count). The minimum atomic E-state index is -0.221. The van der Waals surface area contributed by atoms with Crippen LogP contribution in [-0.2, 0) is 27.2 Å². The third-order valence-corrected chi connectivity index (χ3v) is 5.78. The van der Waals surface area contributed by atoms with Crippen molar-refractivity contribution in [2.75, 3.05) is 6.61 Å². The molecule has 1 aliphatic rings. The summed E-state index contributed by atoms with van der Waals surface area (Å²) in [6, 6.07) is 22.7. The van der Waals surface area contributed by atoms with Crippen LogP contribution >= 0.6 is 0 Å². The molecule has 31 heavy (non-hydrogen) atoms. The first-order valence-electron chi connectivity index (χ1n) is 10.8. The third kappa shape index (κ3) is 4.53. The van der Waals surface area contributed by atoms with Gasteiger partial charge in [-0.2, -0.15) is 0 Å². The van der Waals surface area contributed by atoms with Crippen molar-refractivity contribution in [2.45, 2.75) is 39.2 Å². The van der Waals surface area contributed by atoms with Gasteiger partial charge in [-0.1, -0.05) is 66.7 Å². The number of benzene rings is 3. The van der Waals surface area contributed by atoms with Crippen LogP contribution in [0.4, 0.5) is 0 Å². The van der Waals surface area contributed by atoms with Crippen LogP contribution in [0.1, 0.15) is 54.1 Å². The molecule has 0 saturated carbocycles. The highest BCUT2D eigenvalue weighted by Crippen LogP contribution is 2.41. The maximum Gasteiger partial charge on any atom is 0.306 e. The first kappa shape index (κ1) is 20.9. The highest BCUT2D eigenvalue weighted by Gasteiger charge is 2.25. The molecule has 0 spiro atoms. The van der Waals surface area contributed by atoms with E-state index in [4.69, 9.17) is 4.74 Å². The number of ether oxygens (including phenoxy) is 1. The van der Waals surface area contributed by atoms with E-state index in [2.05, 4.69) is 47.8 Å². The average Bonchev–Trinajstić information content (AvgIpc) is 3.16. The van der Waals surface area contributed by atoms with E-state index in [-0.39, 0.29) is 17.9 Å². The summed E-state index contributed by atoms with van der Waals surface area (Å²) in [7, 11) is 0. The van der Waals surface area contributed by atoms with E-state index in [0.717, 1.165) is 23.1 Å². The maximum atomic E-state index is 12.1. The Kier molecular flexibility index (Phi) is 6.17. The minimum absolute atomic E-state index is 0.0653. The van der Waals surface area contributed by atoms with Gasteiger partial charge in [-0.3, -0.25) is 9.59 Å². The van der Waals surface area contributed by atoms with E-state index in [1.807, 2.05) is 31.2 Å². The number of hydrogen-bond donors (Lipinski definition) is 1. The number of carbonyl (C=O) groups excluding carboxylic acids is 2. The van der Waals surface area contributed by atoms with Gasteiger partial charge >= 0.3 is 5.97 Å². The van der Waals surface area contributed by atoms with E-state index in [1.54, 1.807) is 6.92 Å². The van der Waals surface area contributed by atoms with Crippen LogP contribution in [0.2, 0.25) is 0 Å². The molecule has 4 nitrogen and oxygen atoms in total. The first-order valence-corrected chi connectivity index (χ1v) is 10.8. The third-order valence-electron chi connectivity index (χ3n) is 5.78. The van der Waals surface area contributed by atoms with Crippen LogP contribution in [0.5, 0.6) is 0 Å². The Morgan fingerprint density at radius 2 is 1.71 bits per heavy atom. The molecule has 1 aliphatic carbocycles. The molecule has 0 aliphatic heterocycles. The van der Waals surface area contributed by atoms with Crippen LogP contribution in [-0.4, -0.2) is 18.5 Å². The van der Waals surface area contributed by atoms with Gasteiger partial charge in [-0.15, -0.1) is 0 Å². The smallest absolute Gasteiger partial charge is 0.306 e. The van der Waals surface area contributed by atoms with Crippen molar-refractivity contribution in [3.8, 4) is 11.1 Å². The molecule has 0 saturated heterocycles. The van der Waals surface area contributed by atoms with Crippen molar-refractivity contribution < 1.29 is 14.3 Å². The monoisotopic (exact) mass is 413 g/mol. The lowest BCUT2D eigenvalue weighted by Crippen LogP contribution is -2.27. The lowest BCUT2D eigenvalue weighted by Gasteiger charge is -2.22. The summed E-state index contributed by atoms with van der Waals surface area (Å²) in [4.78, 5) is 23.7. The van der Waals surface area contributed by atoms with E-state index < -0.39 is 0 Å². The Labute approximate surface area is 183 Å². The molecular formula is C27H27NO3. The summed E-state index contributed by atoms with van der Waals surface area (Å²) in [5.41, 5.74) is 8.34. The number of hydrogen-bond acceptors (Lipinski definition) is 3. The quantitative estimate of drug-likeness (QED) is 0.435. The summed E-state index contributed by atoms with van der Waals surface area (Å²) in [5.74, 6) is -0.244. The molecule has 1 atom stereocenters. The van der Waals surface area contributed by atoms with Gasteiger partial charge in [0.25, 0.3) is 0 Å². The number of nitrogens with one attached hydrogen (secondary N) is 1. The number of carbonyl (C=O) groups is 2. The number of amides is 1. The normalized spacial score (nSPS) is 12.6. The van der Waals surface area contributed by atoms with Crippen molar-refractivity contribution in [1.82, 2.24) is 5.32 Å². The molecule has 4 heteroatoms. The second kappa shape index (κ2) is 9.17. The summed E-state index contributed by atoms with van der Waals surface area (Å²) in [6.07, 6.45) is 1.88. The zero-order chi connectivity index (χ0) is 21.8. The fourth-order valence-corrected chi connectivity index (χ4v) is 4.35. The highest BCUT2D eigenvalue weighted by atomic mass is 16.5. The van der Waals surface area contributed by atoms with Gasteiger partial charge in [0.15, 0.2) is 0 Å². The molecule has 0 fully saturated rings. The molecule has 0 aromatic heterocycles. The summed E-state index contributed by atoms with van der Waals surface area (Å²) in [6.45, 7) is 3.77. The molecule has 1 unspecified atom stereocenters. The van der Waals surface area contributed by atoms with Gasteiger partial charge in [0.1, 0.15) is 0 Å². The van der Waals surface area contributed by atoms with Gasteiger partial charge in [0.05, 0.1) is 12.6 Å². The van der Waals surface area contributed by atoms with Crippen molar-refractivity contribution in [1.29, 1.82) is 0 Å². The van der Waals surface area contributed by atoms with Gasteiger partial charge in [-0.25, -0.2) is 0 Å². The van der Waals surface area contributed by atoms with E-state index >= 15 is 0 Å². The van der Waals surface area contributed by atoms with Crippen LogP contribution in [0, 0.1) is 0 Å². The van der Waals surface area contributed by atoms with E-state index in [9.17, 15) is 9.59 Å². The maximum absolute atomic E-state index is 12.1. The summed E-state index contributed by atoms with van der Waals surface area (Å²) < 4.78 is 5.01. The summed E-state index contributed by atoms with van der Waals surface area (Å²) >= 11 is 0. The summed E-state index contributed by atoms with van der Waals surface area (Å²) in [5, 5.41) is 3.14. The van der Waals surface area contributed by atoms with Crippen molar-refractivity contribution >= 4 is 11.9 Å². The Morgan fingerprint density at radius 3 is 2.45 bits per heavy atom. The zero-order valence-electron chi connectivity index (χ0n) is 18.0. The molecule has 1 N–H and O–H groups in total. The Balaban J connectivity index is 1.62. The molecular weight excluding hydrogens is 386 g/mol. The Hall–Kier alpha value is -3.40. The second-order valence-electron chi connectivity index (χ2n) is 7.89. The molecule has 158 valence electrons. The fourth-order valence-electron chi connectivity index (χ4n) is 4.35. The van der Waals surface area contributed by atoms with Gasteiger partial charge in [-0.05, 0) is 58.7 Å². The minimum Gasteiger partial charge on any atom is -0.466 e. The van der Waals surface area contributed by atoms with Crippen molar-refractivity contribution in [2.24, 2.45) is 0 Å². The van der Waals surface area contributed by atoms with Crippen molar-refractivity contribution in [3.05, 3.63) is 94.5 Å². The Morgan fingerprint density at radius 1 is 0.968 bits per heavy atom. The SMILES string of the molecule is CCOC(=O)CCc1ccc(C(NC(C)=O)c2cccc3c2Cc2ccccc2-3)cc1. The van der Waals surface area contributed by atoms with Crippen LogP contribution in [0.25, 0.3) is 11.1 Å². The van der Waals surface area contributed by atoms with Crippen LogP contribution < -0.4 is 5.32 Å². The lowest BCUT2D eigenvalue weighted by atomic mass is 9.91. The molecule has 0 heterocycles.